The van der Waals surface area contributed by atoms with Crippen LogP contribution in [0, 0.1) is 0 Å². The number of hydrogen-bond acceptors (Lipinski definition) is 8. The summed E-state index contributed by atoms with van der Waals surface area (Å²) in [7, 11) is 1.20. The Morgan fingerprint density at radius 3 is 2.68 bits per heavy atom. The number of rotatable bonds is 3. The van der Waals surface area contributed by atoms with Crippen LogP contribution in [-0.2, 0) is 26.4 Å². The molecule has 4 atom stereocenters. The van der Waals surface area contributed by atoms with Gasteiger partial charge in [-0.1, -0.05) is 0 Å². The minimum atomic E-state index is -1.38. The zero-order valence-electron chi connectivity index (χ0n) is 14.1. The summed E-state index contributed by atoms with van der Waals surface area (Å²) in [5, 5.41) is 36.6. The standard InChI is InChI=1S/C15H21N3O7/c1-15(2)16-8(20)4-6-9(14(23)24-3)10(17-18(6)15)13-12(22)11(21)7(5-19)25-13/h7,11-13,19,21-22H,4-5H2,1-3H3,(H,16,20)/t7-,11-,12-,13+/m1/s1. The monoisotopic (exact) mass is 355 g/mol. The molecular weight excluding hydrogens is 334 g/mol. The lowest BCUT2D eigenvalue weighted by atomic mass is 10.00. The number of aliphatic hydroxyl groups excluding tert-OH is 3. The fraction of sp³-hybridized carbons (Fsp3) is 0.667. The molecule has 0 radical (unpaired) electrons. The molecule has 10 heteroatoms. The zero-order chi connectivity index (χ0) is 18.5. The number of carbonyl (C=O) groups excluding carboxylic acids is 2. The Hall–Kier alpha value is -2.01. The number of fused-ring (bicyclic) bond motifs is 1. The fourth-order valence-electron chi connectivity index (χ4n) is 3.34. The van der Waals surface area contributed by atoms with E-state index in [1.807, 2.05) is 0 Å². The minimum absolute atomic E-state index is 0.0280. The third-order valence-electron chi connectivity index (χ3n) is 4.51. The second kappa shape index (κ2) is 6.06. The van der Waals surface area contributed by atoms with Crippen molar-refractivity contribution in [1.29, 1.82) is 0 Å². The Bertz CT molecular complexity index is 714. The third kappa shape index (κ3) is 2.71. The summed E-state index contributed by atoms with van der Waals surface area (Å²) in [5.41, 5.74) is -0.466. The van der Waals surface area contributed by atoms with Gasteiger partial charge in [0.05, 0.1) is 25.8 Å². The van der Waals surface area contributed by atoms with Gasteiger partial charge in [-0.2, -0.15) is 5.10 Å². The number of esters is 1. The van der Waals surface area contributed by atoms with Crippen LogP contribution >= 0.6 is 0 Å². The Kier molecular flexibility index (Phi) is 4.31. The van der Waals surface area contributed by atoms with Gasteiger partial charge >= 0.3 is 5.97 Å². The number of ether oxygens (including phenoxy) is 2. The van der Waals surface area contributed by atoms with Crippen molar-refractivity contribution in [2.45, 2.75) is 50.3 Å². The second-order valence-electron chi connectivity index (χ2n) is 6.65. The largest absolute Gasteiger partial charge is 0.465 e. The quantitative estimate of drug-likeness (QED) is 0.465. The summed E-state index contributed by atoms with van der Waals surface area (Å²) < 4.78 is 11.8. The molecular formula is C15H21N3O7. The molecule has 25 heavy (non-hydrogen) atoms. The fourth-order valence-corrected chi connectivity index (χ4v) is 3.34. The van der Waals surface area contributed by atoms with Crippen LogP contribution in [0.2, 0.25) is 0 Å². The zero-order valence-corrected chi connectivity index (χ0v) is 14.1. The molecule has 10 nitrogen and oxygen atoms in total. The summed E-state index contributed by atoms with van der Waals surface area (Å²) in [6, 6.07) is 0. The van der Waals surface area contributed by atoms with Gasteiger partial charge in [-0.15, -0.1) is 0 Å². The number of aromatic nitrogens is 2. The van der Waals surface area contributed by atoms with Crippen LogP contribution in [0.25, 0.3) is 0 Å². The number of nitrogens with one attached hydrogen (secondary N) is 1. The van der Waals surface area contributed by atoms with Crippen LogP contribution in [0.5, 0.6) is 0 Å². The maximum Gasteiger partial charge on any atom is 0.341 e. The van der Waals surface area contributed by atoms with Crippen molar-refractivity contribution in [3.05, 3.63) is 17.0 Å². The van der Waals surface area contributed by atoms with Crippen LogP contribution in [0.3, 0.4) is 0 Å². The highest BCUT2D eigenvalue weighted by Gasteiger charge is 2.48. The highest BCUT2D eigenvalue weighted by Crippen LogP contribution is 2.37. The van der Waals surface area contributed by atoms with E-state index < -0.39 is 42.7 Å². The molecule has 0 aromatic carbocycles. The summed E-state index contributed by atoms with van der Waals surface area (Å²) >= 11 is 0. The smallest absolute Gasteiger partial charge is 0.341 e. The Balaban J connectivity index is 2.15. The Morgan fingerprint density at radius 1 is 1.44 bits per heavy atom. The van der Waals surface area contributed by atoms with Crippen molar-refractivity contribution in [2.75, 3.05) is 13.7 Å². The molecule has 0 unspecified atom stereocenters. The second-order valence-corrected chi connectivity index (χ2v) is 6.65. The lowest BCUT2D eigenvalue weighted by Gasteiger charge is -2.32. The molecule has 1 aromatic rings. The lowest BCUT2D eigenvalue weighted by molar-refractivity contribution is -0.124. The van der Waals surface area contributed by atoms with Crippen molar-refractivity contribution < 1.29 is 34.4 Å². The van der Waals surface area contributed by atoms with E-state index in [-0.39, 0.29) is 23.6 Å². The molecule has 1 fully saturated rings. The molecule has 1 amide bonds. The van der Waals surface area contributed by atoms with E-state index in [0.29, 0.717) is 5.69 Å². The number of methoxy groups -OCH3 is 1. The molecule has 2 aliphatic rings. The first kappa shape index (κ1) is 17.8. The van der Waals surface area contributed by atoms with E-state index in [4.69, 9.17) is 9.47 Å². The number of carbonyl (C=O) groups is 2. The lowest BCUT2D eigenvalue weighted by Crippen LogP contribution is -2.51. The minimum Gasteiger partial charge on any atom is -0.465 e. The molecule has 0 spiro atoms. The molecule has 4 N–H and O–H groups in total. The topological polar surface area (TPSA) is 143 Å². The molecule has 2 aliphatic heterocycles. The first-order chi connectivity index (χ1) is 11.7. The highest BCUT2D eigenvalue weighted by molar-refractivity contribution is 5.94. The van der Waals surface area contributed by atoms with E-state index in [0.717, 1.165) is 0 Å². The van der Waals surface area contributed by atoms with Gasteiger partial charge in [-0.25, -0.2) is 9.48 Å². The van der Waals surface area contributed by atoms with Gasteiger partial charge in [-0.3, -0.25) is 4.79 Å². The summed E-state index contributed by atoms with van der Waals surface area (Å²) in [5.74, 6) is -1.00. The number of aliphatic hydroxyl groups is 3. The number of amides is 1. The first-order valence-corrected chi connectivity index (χ1v) is 7.85. The average Bonchev–Trinajstić information content (AvgIpc) is 3.05. The van der Waals surface area contributed by atoms with Gasteiger partial charge in [0, 0.05) is 0 Å². The van der Waals surface area contributed by atoms with Crippen LogP contribution < -0.4 is 5.32 Å². The van der Waals surface area contributed by atoms with Gasteiger partial charge in [-0.05, 0) is 13.8 Å². The molecule has 0 bridgehead atoms. The molecule has 3 heterocycles. The van der Waals surface area contributed by atoms with Gasteiger partial charge in [0.1, 0.15) is 41.3 Å². The van der Waals surface area contributed by atoms with Crippen molar-refractivity contribution >= 4 is 11.9 Å². The maximum atomic E-state index is 12.3. The molecule has 3 rings (SSSR count). The van der Waals surface area contributed by atoms with E-state index in [2.05, 4.69) is 10.4 Å². The van der Waals surface area contributed by atoms with Crippen molar-refractivity contribution in [1.82, 2.24) is 15.1 Å². The SMILES string of the molecule is COC(=O)c1c([C@@H]2O[C@H](CO)[C@@H](O)[C@H]2O)nn2c1CC(=O)NC2(C)C. The molecule has 0 aliphatic carbocycles. The average molecular weight is 355 g/mol. The third-order valence-corrected chi connectivity index (χ3v) is 4.51. The molecule has 1 aromatic heterocycles. The van der Waals surface area contributed by atoms with Gasteiger partial charge < -0.3 is 30.1 Å². The predicted octanol–water partition coefficient (Wildman–Crippen LogP) is -1.81. The number of nitrogens with zero attached hydrogens (tertiary/aromatic N) is 2. The Morgan fingerprint density at radius 2 is 2.12 bits per heavy atom. The molecule has 138 valence electrons. The van der Waals surface area contributed by atoms with E-state index >= 15 is 0 Å². The van der Waals surface area contributed by atoms with E-state index in [1.54, 1.807) is 13.8 Å². The van der Waals surface area contributed by atoms with Crippen molar-refractivity contribution in [3.63, 3.8) is 0 Å². The first-order valence-electron chi connectivity index (χ1n) is 7.85. The van der Waals surface area contributed by atoms with Crippen LogP contribution in [-0.4, -0.2) is 69.0 Å². The van der Waals surface area contributed by atoms with Gasteiger partial charge in [0.15, 0.2) is 0 Å². The Labute approximate surface area is 143 Å². The van der Waals surface area contributed by atoms with Gasteiger partial charge in [0.25, 0.3) is 0 Å². The summed E-state index contributed by atoms with van der Waals surface area (Å²) in [6.07, 6.45) is -4.94. The van der Waals surface area contributed by atoms with Gasteiger partial charge in [0.2, 0.25) is 5.91 Å². The van der Waals surface area contributed by atoms with Crippen LogP contribution in [0.15, 0.2) is 0 Å². The van der Waals surface area contributed by atoms with Crippen molar-refractivity contribution in [3.8, 4) is 0 Å². The summed E-state index contributed by atoms with van der Waals surface area (Å²) in [6.45, 7) is 2.92. The number of hydrogen-bond donors (Lipinski definition) is 4. The predicted molar refractivity (Wildman–Crippen MR) is 81.4 cm³/mol. The van der Waals surface area contributed by atoms with Crippen molar-refractivity contribution in [2.24, 2.45) is 0 Å². The van der Waals surface area contributed by atoms with Crippen LogP contribution in [0.4, 0.5) is 0 Å². The molecule has 0 saturated carbocycles. The van der Waals surface area contributed by atoms with Crippen LogP contribution in [0.1, 0.15) is 41.7 Å². The maximum absolute atomic E-state index is 12.3. The summed E-state index contributed by atoms with van der Waals surface area (Å²) in [4.78, 5) is 24.3. The van der Waals surface area contributed by atoms with E-state index in [9.17, 15) is 24.9 Å². The molecule has 1 saturated heterocycles. The van der Waals surface area contributed by atoms with E-state index in [1.165, 1.54) is 11.8 Å². The highest BCUT2D eigenvalue weighted by atomic mass is 16.6. The normalized spacial score (nSPS) is 30.7.